The Balaban J connectivity index is 1.65. The number of nitrogens with one attached hydrogen (secondary N) is 2. The van der Waals surface area contributed by atoms with E-state index in [4.69, 9.17) is 4.74 Å². The fourth-order valence-corrected chi connectivity index (χ4v) is 4.52. The largest absolute Gasteiger partial charge is 0.497 e. The maximum atomic E-state index is 12.8. The molecule has 25 heavy (non-hydrogen) atoms. The van der Waals surface area contributed by atoms with Gasteiger partial charge in [-0.3, -0.25) is 4.79 Å². The van der Waals surface area contributed by atoms with E-state index in [2.05, 4.69) is 29.7 Å². The summed E-state index contributed by atoms with van der Waals surface area (Å²) in [4.78, 5) is 12.8. The van der Waals surface area contributed by atoms with E-state index in [1.54, 1.807) is 7.11 Å². The Hall–Kier alpha value is -1.55. The molecular formula is C21H32N2O2. The van der Waals surface area contributed by atoms with Crippen molar-refractivity contribution in [2.24, 2.45) is 11.8 Å². The fourth-order valence-electron chi connectivity index (χ4n) is 4.52. The molecule has 2 N–H and O–H groups in total. The minimum atomic E-state index is -0.187. The van der Waals surface area contributed by atoms with Crippen LogP contribution in [0.1, 0.15) is 57.4 Å². The van der Waals surface area contributed by atoms with Gasteiger partial charge >= 0.3 is 0 Å². The number of carbonyl (C=O) groups excluding carboxylic acids is 1. The highest BCUT2D eigenvalue weighted by molar-refractivity contribution is 5.77. The normalized spacial score (nSPS) is 23.8. The maximum absolute atomic E-state index is 12.8. The first-order valence-corrected chi connectivity index (χ1v) is 9.79. The first-order chi connectivity index (χ1) is 12.1. The van der Waals surface area contributed by atoms with Crippen molar-refractivity contribution in [1.29, 1.82) is 0 Å². The third-order valence-corrected chi connectivity index (χ3v) is 6.13. The summed E-state index contributed by atoms with van der Waals surface area (Å²) in [5.41, 5.74) is 1.03. The third-order valence-electron chi connectivity index (χ3n) is 6.13. The highest BCUT2D eigenvalue weighted by atomic mass is 16.5. The smallest absolute Gasteiger partial charge is 0.220 e. The number of hydrogen-bond donors (Lipinski definition) is 2. The fraction of sp³-hybridized carbons (Fsp3) is 0.667. The van der Waals surface area contributed by atoms with E-state index in [-0.39, 0.29) is 11.4 Å². The van der Waals surface area contributed by atoms with Crippen molar-refractivity contribution in [2.75, 3.05) is 20.2 Å². The third kappa shape index (κ3) is 4.35. The molecule has 2 unspecified atom stereocenters. The van der Waals surface area contributed by atoms with Gasteiger partial charge in [-0.1, -0.05) is 31.9 Å². The van der Waals surface area contributed by atoms with Crippen LogP contribution in [0, 0.1) is 11.8 Å². The summed E-state index contributed by atoms with van der Waals surface area (Å²) in [5.74, 6) is 2.12. The molecule has 1 aliphatic carbocycles. The van der Waals surface area contributed by atoms with E-state index in [0.29, 0.717) is 18.3 Å². The molecule has 0 spiro atoms. The minimum absolute atomic E-state index is 0.187. The van der Waals surface area contributed by atoms with Crippen LogP contribution in [0.3, 0.4) is 0 Å². The van der Waals surface area contributed by atoms with Crippen molar-refractivity contribution >= 4 is 5.91 Å². The van der Waals surface area contributed by atoms with Crippen LogP contribution in [0.5, 0.6) is 5.75 Å². The number of methoxy groups -OCH3 is 1. The molecule has 0 aromatic heterocycles. The molecular weight excluding hydrogens is 312 g/mol. The van der Waals surface area contributed by atoms with Crippen molar-refractivity contribution in [1.82, 2.24) is 10.6 Å². The van der Waals surface area contributed by atoms with Gasteiger partial charge in [-0.15, -0.1) is 0 Å². The summed E-state index contributed by atoms with van der Waals surface area (Å²) in [6.45, 7) is 4.40. The molecule has 138 valence electrons. The molecule has 1 heterocycles. The molecule has 1 aliphatic heterocycles. The van der Waals surface area contributed by atoms with Crippen LogP contribution in [0.2, 0.25) is 0 Å². The van der Waals surface area contributed by atoms with Gasteiger partial charge in [0.15, 0.2) is 0 Å². The molecule has 1 aromatic carbocycles. The Morgan fingerprint density at radius 2 is 2.00 bits per heavy atom. The van der Waals surface area contributed by atoms with Gasteiger partial charge in [-0.05, 0) is 68.3 Å². The molecule has 1 amide bonds. The Kier molecular flexibility index (Phi) is 6.00. The zero-order valence-electron chi connectivity index (χ0n) is 15.6. The lowest BCUT2D eigenvalue weighted by Crippen LogP contribution is -2.45. The molecule has 0 bridgehead atoms. The van der Waals surface area contributed by atoms with Crippen LogP contribution in [-0.2, 0) is 10.3 Å². The van der Waals surface area contributed by atoms with Gasteiger partial charge in [0.2, 0.25) is 5.91 Å². The molecule has 0 radical (unpaired) electrons. The van der Waals surface area contributed by atoms with E-state index in [1.165, 1.54) is 31.2 Å². The molecule has 3 rings (SSSR count). The number of amides is 1. The molecule has 2 fully saturated rings. The molecule has 4 nitrogen and oxygen atoms in total. The molecule has 4 heteroatoms. The highest BCUT2D eigenvalue weighted by Gasteiger charge is 2.37. The molecule has 2 atom stereocenters. The van der Waals surface area contributed by atoms with E-state index in [1.807, 2.05) is 12.1 Å². The van der Waals surface area contributed by atoms with Gasteiger partial charge < -0.3 is 15.4 Å². The van der Waals surface area contributed by atoms with Crippen LogP contribution < -0.4 is 15.4 Å². The molecule has 1 saturated carbocycles. The van der Waals surface area contributed by atoms with Crippen LogP contribution in [-0.4, -0.2) is 26.1 Å². The van der Waals surface area contributed by atoms with Crippen molar-refractivity contribution in [3.05, 3.63) is 29.8 Å². The van der Waals surface area contributed by atoms with Gasteiger partial charge in [-0.25, -0.2) is 0 Å². The summed E-state index contributed by atoms with van der Waals surface area (Å²) in [5, 5.41) is 6.88. The van der Waals surface area contributed by atoms with Gasteiger partial charge in [0.25, 0.3) is 0 Å². The average Bonchev–Trinajstić information content (AvgIpc) is 3.12. The van der Waals surface area contributed by atoms with Crippen molar-refractivity contribution < 1.29 is 9.53 Å². The Morgan fingerprint density at radius 1 is 1.28 bits per heavy atom. The molecule has 1 saturated heterocycles. The number of benzene rings is 1. The first kappa shape index (κ1) is 18.2. The second-order valence-corrected chi connectivity index (χ2v) is 7.85. The standard InChI is InChI=1S/C21H32N2O2/c1-16(17-6-5-13-22-15-17)14-20(24)23-21(11-3-4-12-21)18-7-9-19(25-2)10-8-18/h7-10,16-17,22H,3-6,11-15H2,1-2H3,(H,23,24). The summed E-state index contributed by atoms with van der Waals surface area (Å²) in [6.07, 6.45) is 7.51. The molecule has 2 aliphatic rings. The second kappa shape index (κ2) is 8.22. The predicted octanol–water partition coefficient (Wildman–Crippen LogP) is 3.61. The van der Waals surface area contributed by atoms with E-state index >= 15 is 0 Å². The van der Waals surface area contributed by atoms with Gasteiger partial charge in [0.1, 0.15) is 5.75 Å². The van der Waals surface area contributed by atoms with Gasteiger partial charge in [0.05, 0.1) is 12.6 Å². The Labute approximate surface area is 151 Å². The van der Waals surface area contributed by atoms with E-state index in [9.17, 15) is 4.79 Å². The van der Waals surface area contributed by atoms with E-state index < -0.39 is 0 Å². The predicted molar refractivity (Wildman–Crippen MR) is 101 cm³/mol. The Bertz CT molecular complexity index is 558. The average molecular weight is 344 g/mol. The number of piperidine rings is 1. The van der Waals surface area contributed by atoms with Crippen molar-refractivity contribution in [3.63, 3.8) is 0 Å². The second-order valence-electron chi connectivity index (χ2n) is 7.85. The van der Waals surface area contributed by atoms with Crippen LogP contribution in [0.4, 0.5) is 0 Å². The van der Waals surface area contributed by atoms with Gasteiger partial charge in [-0.2, -0.15) is 0 Å². The molecule has 1 aromatic rings. The quantitative estimate of drug-likeness (QED) is 0.829. The van der Waals surface area contributed by atoms with Crippen molar-refractivity contribution in [3.8, 4) is 5.75 Å². The summed E-state index contributed by atoms with van der Waals surface area (Å²) in [7, 11) is 1.68. The lowest BCUT2D eigenvalue weighted by Gasteiger charge is -2.33. The number of ether oxygens (including phenoxy) is 1. The highest BCUT2D eigenvalue weighted by Crippen LogP contribution is 2.39. The lowest BCUT2D eigenvalue weighted by atomic mass is 9.84. The number of rotatable bonds is 6. The summed E-state index contributed by atoms with van der Waals surface area (Å²) in [6, 6.07) is 8.22. The summed E-state index contributed by atoms with van der Waals surface area (Å²) >= 11 is 0. The van der Waals surface area contributed by atoms with Crippen molar-refractivity contribution in [2.45, 2.75) is 57.4 Å². The number of carbonyl (C=O) groups is 1. The van der Waals surface area contributed by atoms with Crippen LogP contribution in [0.15, 0.2) is 24.3 Å². The number of hydrogen-bond acceptors (Lipinski definition) is 3. The zero-order valence-corrected chi connectivity index (χ0v) is 15.6. The monoisotopic (exact) mass is 344 g/mol. The SMILES string of the molecule is COc1ccc(C2(NC(=O)CC(C)C3CCCNC3)CCCC2)cc1. The van der Waals surface area contributed by atoms with E-state index in [0.717, 1.165) is 31.7 Å². The van der Waals surface area contributed by atoms with Crippen LogP contribution >= 0.6 is 0 Å². The Morgan fingerprint density at radius 3 is 2.60 bits per heavy atom. The minimum Gasteiger partial charge on any atom is -0.497 e. The topological polar surface area (TPSA) is 50.4 Å². The lowest BCUT2D eigenvalue weighted by molar-refractivity contribution is -0.124. The first-order valence-electron chi connectivity index (χ1n) is 9.79. The van der Waals surface area contributed by atoms with Gasteiger partial charge in [0, 0.05) is 6.42 Å². The van der Waals surface area contributed by atoms with Crippen LogP contribution in [0.25, 0.3) is 0 Å². The summed E-state index contributed by atoms with van der Waals surface area (Å²) < 4.78 is 5.27. The maximum Gasteiger partial charge on any atom is 0.220 e. The zero-order chi connectivity index (χ0) is 17.7.